The summed E-state index contributed by atoms with van der Waals surface area (Å²) in [6.45, 7) is 6.58. The molecule has 4 aromatic rings. The van der Waals surface area contributed by atoms with E-state index in [2.05, 4.69) is 92.9 Å². The summed E-state index contributed by atoms with van der Waals surface area (Å²) in [5.41, 5.74) is 11.8. The maximum atomic E-state index is 2.39. The zero-order chi connectivity index (χ0) is 18.2. The Morgan fingerprint density at radius 1 is 0.808 bits per heavy atom. The Balaban J connectivity index is 2.07. The number of nitrogens with zero attached hydrogens (tertiary/aromatic N) is 2. The normalized spacial score (nSPS) is 12.7. The molecule has 0 aliphatic carbocycles. The molecule has 0 radical (unpaired) electrons. The summed E-state index contributed by atoms with van der Waals surface area (Å²) in [7, 11) is 4.39. The molecule has 1 aliphatic heterocycles. The molecule has 0 bridgehead atoms. The molecular weight excluding hydrogens is 316 g/mol. The van der Waals surface area contributed by atoms with Gasteiger partial charge in [-0.25, -0.2) is 0 Å². The third-order valence-electron chi connectivity index (χ3n) is 6.01. The topological polar surface area (TPSA) is 7.12 Å². The molecule has 2 nitrogen and oxygen atoms in total. The van der Waals surface area contributed by atoms with Crippen LogP contribution in [-0.2, 0) is 7.05 Å². The molecule has 128 valence electrons. The highest BCUT2D eigenvalue weighted by molar-refractivity contribution is 6.17. The SMILES string of the molecule is Cc1ccc2c(c1)c1c3c(cccc3[n+]2C)-c2cc(C)c(C)cc2N1C. The van der Waals surface area contributed by atoms with Crippen molar-refractivity contribution in [2.75, 3.05) is 11.9 Å². The van der Waals surface area contributed by atoms with Gasteiger partial charge in [-0.15, -0.1) is 0 Å². The summed E-state index contributed by atoms with van der Waals surface area (Å²) in [5, 5.41) is 2.67. The van der Waals surface area contributed by atoms with Gasteiger partial charge in [0.05, 0.1) is 16.5 Å². The van der Waals surface area contributed by atoms with E-state index in [9.17, 15) is 0 Å². The maximum absolute atomic E-state index is 2.39. The first-order valence-corrected chi connectivity index (χ1v) is 9.18. The molecular formula is C24H23N2+. The van der Waals surface area contributed by atoms with Gasteiger partial charge in [0, 0.05) is 30.4 Å². The largest absolute Gasteiger partial charge is 0.343 e. The van der Waals surface area contributed by atoms with Gasteiger partial charge in [0.1, 0.15) is 7.05 Å². The summed E-state index contributed by atoms with van der Waals surface area (Å²) in [6, 6.07) is 18.2. The van der Waals surface area contributed by atoms with Crippen LogP contribution in [0.1, 0.15) is 16.7 Å². The molecule has 0 spiro atoms. The number of aryl methyl sites for hydroxylation is 4. The first-order chi connectivity index (χ1) is 12.5. The molecule has 5 rings (SSSR count). The van der Waals surface area contributed by atoms with Crippen LogP contribution in [0.15, 0.2) is 48.5 Å². The smallest absolute Gasteiger partial charge is 0.215 e. The molecule has 0 fully saturated rings. The van der Waals surface area contributed by atoms with Gasteiger partial charge in [-0.1, -0.05) is 18.2 Å². The number of benzene rings is 3. The second kappa shape index (κ2) is 5.07. The van der Waals surface area contributed by atoms with Crippen molar-refractivity contribution in [3.63, 3.8) is 0 Å². The lowest BCUT2D eigenvalue weighted by atomic mass is 9.89. The van der Waals surface area contributed by atoms with E-state index in [0.717, 1.165) is 0 Å². The van der Waals surface area contributed by atoms with Crippen LogP contribution in [0, 0.1) is 20.8 Å². The second-order valence-corrected chi connectivity index (χ2v) is 7.64. The zero-order valence-electron chi connectivity index (χ0n) is 16.0. The Morgan fingerprint density at radius 2 is 1.58 bits per heavy atom. The molecule has 1 aliphatic rings. The van der Waals surface area contributed by atoms with Crippen LogP contribution in [0.3, 0.4) is 0 Å². The predicted octanol–water partition coefficient (Wildman–Crippen LogP) is 5.49. The van der Waals surface area contributed by atoms with Crippen LogP contribution in [0.5, 0.6) is 0 Å². The van der Waals surface area contributed by atoms with Crippen molar-refractivity contribution in [2.24, 2.45) is 7.05 Å². The zero-order valence-corrected chi connectivity index (χ0v) is 16.0. The van der Waals surface area contributed by atoms with E-state index in [1.807, 2.05) is 0 Å². The first kappa shape index (κ1) is 15.4. The average Bonchev–Trinajstić information content (AvgIpc) is 2.62. The fourth-order valence-corrected chi connectivity index (χ4v) is 4.45. The monoisotopic (exact) mass is 339 g/mol. The number of rotatable bonds is 0. The lowest BCUT2D eigenvalue weighted by Crippen LogP contribution is -2.32. The van der Waals surface area contributed by atoms with Crippen LogP contribution in [0.25, 0.3) is 32.9 Å². The van der Waals surface area contributed by atoms with Crippen LogP contribution < -0.4 is 9.47 Å². The summed E-state index contributed by atoms with van der Waals surface area (Å²) in [4.78, 5) is 2.39. The number of hydrogen-bond donors (Lipinski definition) is 0. The van der Waals surface area contributed by atoms with Crippen molar-refractivity contribution in [2.45, 2.75) is 20.8 Å². The third kappa shape index (κ3) is 1.84. The Bertz CT molecular complexity index is 1230. The predicted molar refractivity (Wildman–Crippen MR) is 110 cm³/mol. The van der Waals surface area contributed by atoms with Gasteiger partial charge in [0.2, 0.25) is 11.0 Å². The van der Waals surface area contributed by atoms with Gasteiger partial charge in [0.15, 0.2) is 0 Å². The Labute approximate surface area is 154 Å². The fourth-order valence-electron chi connectivity index (χ4n) is 4.45. The minimum atomic E-state index is 1.27. The molecule has 3 aromatic carbocycles. The highest BCUT2D eigenvalue weighted by atomic mass is 15.1. The third-order valence-corrected chi connectivity index (χ3v) is 6.01. The van der Waals surface area contributed by atoms with Gasteiger partial charge in [0.25, 0.3) is 0 Å². The first-order valence-electron chi connectivity index (χ1n) is 9.18. The van der Waals surface area contributed by atoms with E-state index < -0.39 is 0 Å². The Morgan fingerprint density at radius 3 is 2.38 bits per heavy atom. The van der Waals surface area contributed by atoms with Gasteiger partial charge in [-0.2, -0.15) is 4.57 Å². The maximum Gasteiger partial charge on any atom is 0.215 e. The Kier molecular flexibility index (Phi) is 3.00. The number of pyridine rings is 1. The summed E-state index contributed by atoms with van der Waals surface area (Å²) in [6.07, 6.45) is 0. The van der Waals surface area contributed by atoms with Crippen molar-refractivity contribution in [3.05, 3.63) is 65.2 Å². The second-order valence-electron chi connectivity index (χ2n) is 7.64. The van der Waals surface area contributed by atoms with Crippen LogP contribution in [0.4, 0.5) is 11.4 Å². The molecule has 0 unspecified atom stereocenters. The van der Waals surface area contributed by atoms with E-state index >= 15 is 0 Å². The minimum Gasteiger partial charge on any atom is -0.343 e. The molecule has 2 heteroatoms. The Hall–Kier alpha value is -2.87. The quantitative estimate of drug-likeness (QED) is 0.303. The van der Waals surface area contributed by atoms with Crippen molar-refractivity contribution >= 4 is 33.2 Å². The number of anilines is 2. The molecule has 0 saturated carbocycles. The van der Waals surface area contributed by atoms with Crippen molar-refractivity contribution in [1.82, 2.24) is 0 Å². The van der Waals surface area contributed by atoms with Gasteiger partial charge >= 0.3 is 0 Å². The molecule has 2 heterocycles. The van der Waals surface area contributed by atoms with Crippen LogP contribution in [0.2, 0.25) is 0 Å². The number of aromatic nitrogens is 1. The van der Waals surface area contributed by atoms with Crippen LogP contribution >= 0.6 is 0 Å². The molecule has 26 heavy (non-hydrogen) atoms. The summed E-state index contributed by atoms with van der Waals surface area (Å²) in [5.74, 6) is 0. The van der Waals surface area contributed by atoms with Gasteiger partial charge < -0.3 is 4.90 Å². The molecule has 0 N–H and O–H groups in total. The van der Waals surface area contributed by atoms with E-state index in [1.165, 1.54) is 61.0 Å². The van der Waals surface area contributed by atoms with Crippen molar-refractivity contribution < 1.29 is 4.57 Å². The molecule has 0 saturated heterocycles. The van der Waals surface area contributed by atoms with Crippen LogP contribution in [-0.4, -0.2) is 7.05 Å². The van der Waals surface area contributed by atoms with E-state index in [4.69, 9.17) is 0 Å². The number of fused-ring (bicyclic) bond motifs is 4. The average molecular weight is 339 g/mol. The summed E-state index contributed by atoms with van der Waals surface area (Å²) >= 11 is 0. The van der Waals surface area contributed by atoms with E-state index in [0.29, 0.717) is 0 Å². The number of hydrogen-bond acceptors (Lipinski definition) is 1. The van der Waals surface area contributed by atoms with E-state index in [1.54, 1.807) is 0 Å². The van der Waals surface area contributed by atoms with Gasteiger partial charge in [-0.05, 0) is 61.2 Å². The van der Waals surface area contributed by atoms with Crippen molar-refractivity contribution in [3.8, 4) is 11.1 Å². The minimum absolute atomic E-state index is 1.27. The molecule has 0 amide bonds. The standard InChI is InChI=1S/C24H23N2/c1-14-9-10-20-19(11-14)24-23-17(7-6-8-21(23)25(20)4)18-12-15(2)16(3)13-22(18)26(24)5/h6-13H,1-5H3/q+1. The highest BCUT2D eigenvalue weighted by Gasteiger charge is 2.29. The lowest BCUT2D eigenvalue weighted by molar-refractivity contribution is -0.617. The molecule has 1 aromatic heterocycles. The van der Waals surface area contributed by atoms with Gasteiger partial charge in [-0.3, -0.25) is 0 Å². The highest BCUT2D eigenvalue weighted by Crippen LogP contribution is 2.49. The van der Waals surface area contributed by atoms with Crippen molar-refractivity contribution in [1.29, 1.82) is 0 Å². The summed E-state index contributed by atoms with van der Waals surface area (Å²) < 4.78 is 2.33. The fraction of sp³-hybridized carbons (Fsp3) is 0.208. The lowest BCUT2D eigenvalue weighted by Gasteiger charge is -2.31. The van der Waals surface area contributed by atoms with E-state index in [-0.39, 0.29) is 0 Å². The molecule has 0 atom stereocenters.